The van der Waals surface area contributed by atoms with Crippen LogP contribution in [0.15, 0.2) is 36.5 Å². The van der Waals surface area contributed by atoms with Crippen LogP contribution in [0.5, 0.6) is 0 Å². The van der Waals surface area contributed by atoms with Gasteiger partial charge in [-0.25, -0.2) is 4.98 Å². The molecule has 2 rings (SSSR count). The van der Waals surface area contributed by atoms with Crippen LogP contribution in [-0.4, -0.2) is 9.97 Å². The summed E-state index contributed by atoms with van der Waals surface area (Å²) < 4.78 is 0. The Hall–Kier alpha value is -1.61. The molecule has 1 aromatic heterocycles. The first-order valence-electron chi connectivity index (χ1n) is 5.10. The average molecular weight is 201 g/mol. The van der Waals surface area contributed by atoms with E-state index >= 15 is 0 Å². The standard InChI is InChI=1S/C12H15N3/c1-10-7-14-12(15-10)9-13-8-11-5-3-2-4-6-11/h2-7,13H,8-9H2,1H3,(H,14,15). The SMILES string of the molecule is Cc1cnc(CNCc2ccccc2)[nH]1. The Morgan fingerprint density at radius 3 is 2.67 bits per heavy atom. The molecule has 0 aliphatic carbocycles. The van der Waals surface area contributed by atoms with Crippen molar-refractivity contribution >= 4 is 0 Å². The molecular formula is C12H15N3. The zero-order valence-electron chi connectivity index (χ0n) is 8.83. The van der Waals surface area contributed by atoms with Crippen molar-refractivity contribution < 1.29 is 0 Å². The molecule has 0 fully saturated rings. The number of H-pyrrole nitrogens is 1. The molecule has 0 spiro atoms. The molecule has 3 heteroatoms. The second kappa shape index (κ2) is 4.75. The van der Waals surface area contributed by atoms with E-state index in [1.165, 1.54) is 5.56 Å². The van der Waals surface area contributed by atoms with Crippen LogP contribution in [0.3, 0.4) is 0 Å². The fraction of sp³-hybridized carbons (Fsp3) is 0.250. The molecule has 0 atom stereocenters. The van der Waals surface area contributed by atoms with E-state index in [4.69, 9.17) is 0 Å². The summed E-state index contributed by atoms with van der Waals surface area (Å²) in [5, 5.41) is 3.34. The van der Waals surface area contributed by atoms with Gasteiger partial charge in [0.1, 0.15) is 5.82 Å². The summed E-state index contributed by atoms with van der Waals surface area (Å²) in [5.74, 6) is 0.989. The maximum Gasteiger partial charge on any atom is 0.120 e. The first-order chi connectivity index (χ1) is 7.34. The lowest BCUT2D eigenvalue weighted by Gasteiger charge is -2.02. The number of aromatic nitrogens is 2. The fourth-order valence-corrected chi connectivity index (χ4v) is 1.48. The highest BCUT2D eigenvalue weighted by atomic mass is 15.0. The van der Waals surface area contributed by atoms with Crippen LogP contribution in [0.1, 0.15) is 17.1 Å². The summed E-state index contributed by atoms with van der Waals surface area (Å²) in [5.41, 5.74) is 2.40. The van der Waals surface area contributed by atoms with Gasteiger partial charge in [0.25, 0.3) is 0 Å². The summed E-state index contributed by atoms with van der Waals surface area (Å²) in [6.07, 6.45) is 1.85. The van der Waals surface area contributed by atoms with Crippen LogP contribution in [-0.2, 0) is 13.1 Å². The minimum Gasteiger partial charge on any atom is -0.345 e. The highest BCUT2D eigenvalue weighted by Gasteiger charge is 1.96. The van der Waals surface area contributed by atoms with Gasteiger partial charge in [-0.2, -0.15) is 0 Å². The van der Waals surface area contributed by atoms with E-state index < -0.39 is 0 Å². The number of imidazole rings is 1. The Morgan fingerprint density at radius 1 is 1.20 bits per heavy atom. The van der Waals surface area contributed by atoms with Crippen molar-refractivity contribution in [3.8, 4) is 0 Å². The third-order valence-corrected chi connectivity index (χ3v) is 2.22. The van der Waals surface area contributed by atoms with Gasteiger partial charge in [-0.05, 0) is 12.5 Å². The van der Waals surface area contributed by atoms with Crippen LogP contribution in [0.4, 0.5) is 0 Å². The van der Waals surface area contributed by atoms with Gasteiger partial charge in [0.15, 0.2) is 0 Å². The largest absolute Gasteiger partial charge is 0.345 e. The average Bonchev–Trinajstić information content (AvgIpc) is 2.66. The number of hydrogen-bond acceptors (Lipinski definition) is 2. The van der Waals surface area contributed by atoms with Crippen molar-refractivity contribution in [1.82, 2.24) is 15.3 Å². The van der Waals surface area contributed by atoms with Gasteiger partial charge >= 0.3 is 0 Å². The topological polar surface area (TPSA) is 40.7 Å². The van der Waals surface area contributed by atoms with E-state index in [2.05, 4.69) is 27.4 Å². The quantitative estimate of drug-likeness (QED) is 0.794. The molecule has 1 heterocycles. The summed E-state index contributed by atoms with van der Waals surface area (Å²) in [6.45, 7) is 3.66. The van der Waals surface area contributed by atoms with Crippen molar-refractivity contribution in [1.29, 1.82) is 0 Å². The predicted molar refractivity (Wildman–Crippen MR) is 60.3 cm³/mol. The molecular weight excluding hydrogens is 186 g/mol. The van der Waals surface area contributed by atoms with Crippen molar-refractivity contribution in [2.75, 3.05) is 0 Å². The number of rotatable bonds is 4. The molecule has 0 aliphatic rings. The van der Waals surface area contributed by atoms with Gasteiger partial charge in [0, 0.05) is 18.4 Å². The summed E-state index contributed by atoms with van der Waals surface area (Å²) >= 11 is 0. The Balaban J connectivity index is 1.80. The first kappa shape index (κ1) is 9.93. The molecule has 78 valence electrons. The van der Waals surface area contributed by atoms with E-state index in [1.54, 1.807) is 0 Å². The number of benzene rings is 1. The molecule has 0 saturated heterocycles. The van der Waals surface area contributed by atoms with E-state index in [0.29, 0.717) is 0 Å². The number of aromatic amines is 1. The molecule has 0 radical (unpaired) electrons. The van der Waals surface area contributed by atoms with Gasteiger partial charge in [0.05, 0.1) is 6.54 Å². The lowest BCUT2D eigenvalue weighted by atomic mass is 10.2. The highest BCUT2D eigenvalue weighted by molar-refractivity contribution is 5.14. The molecule has 1 aromatic carbocycles. The van der Waals surface area contributed by atoms with E-state index in [-0.39, 0.29) is 0 Å². The van der Waals surface area contributed by atoms with Crippen LogP contribution in [0.2, 0.25) is 0 Å². The van der Waals surface area contributed by atoms with Crippen molar-refractivity contribution in [2.24, 2.45) is 0 Å². The van der Waals surface area contributed by atoms with E-state index in [9.17, 15) is 0 Å². The second-order valence-corrected chi connectivity index (χ2v) is 3.60. The number of nitrogens with zero attached hydrogens (tertiary/aromatic N) is 1. The van der Waals surface area contributed by atoms with Crippen molar-refractivity contribution in [3.63, 3.8) is 0 Å². The van der Waals surface area contributed by atoms with Gasteiger partial charge in [-0.1, -0.05) is 30.3 Å². The lowest BCUT2D eigenvalue weighted by Crippen LogP contribution is -2.13. The fourth-order valence-electron chi connectivity index (χ4n) is 1.48. The van der Waals surface area contributed by atoms with E-state index in [0.717, 1.165) is 24.6 Å². The first-order valence-corrected chi connectivity index (χ1v) is 5.10. The van der Waals surface area contributed by atoms with Crippen LogP contribution >= 0.6 is 0 Å². The van der Waals surface area contributed by atoms with Gasteiger partial charge in [-0.15, -0.1) is 0 Å². The summed E-state index contributed by atoms with van der Waals surface area (Å²) in [6, 6.07) is 10.3. The minimum atomic E-state index is 0.780. The van der Waals surface area contributed by atoms with Gasteiger partial charge in [0.2, 0.25) is 0 Å². The number of aryl methyl sites for hydroxylation is 1. The third kappa shape index (κ3) is 2.92. The summed E-state index contributed by atoms with van der Waals surface area (Å²) in [4.78, 5) is 7.42. The smallest absolute Gasteiger partial charge is 0.120 e. The predicted octanol–water partition coefficient (Wildman–Crippen LogP) is 2.01. The molecule has 0 bridgehead atoms. The minimum absolute atomic E-state index is 0.780. The van der Waals surface area contributed by atoms with Crippen LogP contribution < -0.4 is 5.32 Å². The lowest BCUT2D eigenvalue weighted by molar-refractivity contribution is 0.668. The van der Waals surface area contributed by atoms with Crippen molar-refractivity contribution in [3.05, 3.63) is 53.6 Å². The van der Waals surface area contributed by atoms with E-state index in [1.807, 2.05) is 31.3 Å². The zero-order valence-corrected chi connectivity index (χ0v) is 8.83. The Labute approximate surface area is 89.6 Å². The maximum absolute atomic E-state index is 4.23. The summed E-state index contributed by atoms with van der Waals surface area (Å²) in [7, 11) is 0. The van der Waals surface area contributed by atoms with Crippen LogP contribution in [0, 0.1) is 6.92 Å². The molecule has 2 N–H and O–H groups in total. The van der Waals surface area contributed by atoms with Crippen LogP contribution in [0.25, 0.3) is 0 Å². The second-order valence-electron chi connectivity index (χ2n) is 3.60. The Morgan fingerprint density at radius 2 is 2.00 bits per heavy atom. The molecule has 2 aromatic rings. The normalized spacial score (nSPS) is 10.5. The molecule has 3 nitrogen and oxygen atoms in total. The maximum atomic E-state index is 4.23. The monoisotopic (exact) mass is 201 g/mol. The van der Waals surface area contributed by atoms with Crippen molar-refractivity contribution in [2.45, 2.75) is 20.0 Å². The third-order valence-electron chi connectivity index (χ3n) is 2.22. The Kier molecular flexibility index (Phi) is 3.15. The highest BCUT2D eigenvalue weighted by Crippen LogP contribution is 1.99. The molecule has 0 aliphatic heterocycles. The number of nitrogens with one attached hydrogen (secondary N) is 2. The van der Waals surface area contributed by atoms with Gasteiger partial charge in [-0.3, -0.25) is 0 Å². The van der Waals surface area contributed by atoms with Gasteiger partial charge < -0.3 is 10.3 Å². The molecule has 15 heavy (non-hydrogen) atoms. The zero-order chi connectivity index (χ0) is 10.5. The molecule has 0 unspecified atom stereocenters. The number of hydrogen-bond donors (Lipinski definition) is 2. The molecule has 0 amide bonds. The molecule has 0 saturated carbocycles. The Bertz CT molecular complexity index is 406.